The average molecular weight is 482 g/mol. The molecule has 1 saturated heterocycles. The lowest BCUT2D eigenvalue weighted by molar-refractivity contribution is 0.102. The minimum Gasteiger partial charge on any atom is -0.321 e. The number of nitrogens with one attached hydrogen (secondary N) is 2. The smallest absolute Gasteiger partial charge is 0.266 e. The molecule has 0 spiro atoms. The van der Waals surface area contributed by atoms with Crippen molar-refractivity contribution in [3.8, 4) is 0 Å². The third kappa shape index (κ3) is 6.02. The second-order valence-electron chi connectivity index (χ2n) is 8.67. The number of hydrogen-bond donors (Lipinski definition) is 2. The Balaban J connectivity index is 1.36. The lowest BCUT2D eigenvalue weighted by Gasteiger charge is -2.30. The van der Waals surface area contributed by atoms with Gasteiger partial charge in [0.1, 0.15) is 0 Å². The number of anilines is 2. The normalized spacial score (nSPS) is 14.8. The van der Waals surface area contributed by atoms with E-state index < -0.39 is 0 Å². The molecule has 0 unspecified atom stereocenters. The van der Waals surface area contributed by atoms with Crippen molar-refractivity contribution in [1.82, 2.24) is 4.90 Å². The molecule has 172 valence electrons. The summed E-state index contributed by atoms with van der Waals surface area (Å²) in [5, 5.41) is 6.80. The Morgan fingerprint density at radius 3 is 2.42 bits per heavy atom. The van der Waals surface area contributed by atoms with Gasteiger partial charge in [0, 0.05) is 12.2 Å². The summed E-state index contributed by atoms with van der Waals surface area (Å²) in [4.78, 5) is 28.4. The van der Waals surface area contributed by atoms with E-state index in [0.717, 1.165) is 36.8 Å². The van der Waals surface area contributed by atoms with Gasteiger partial charge in [0.15, 0.2) is 0 Å². The van der Waals surface area contributed by atoms with Gasteiger partial charge in [-0.05, 0) is 80.2 Å². The van der Waals surface area contributed by atoms with Crippen molar-refractivity contribution < 1.29 is 9.59 Å². The molecule has 2 amide bonds. The fourth-order valence-electron chi connectivity index (χ4n) is 3.95. The third-order valence-corrected chi connectivity index (χ3v) is 7.45. The number of thiophene rings is 1. The van der Waals surface area contributed by atoms with E-state index in [9.17, 15) is 9.59 Å². The van der Waals surface area contributed by atoms with E-state index in [0.29, 0.717) is 20.5 Å². The quantitative estimate of drug-likeness (QED) is 0.425. The highest BCUT2D eigenvalue weighted by Gasteiger charge is 2.18. The standard InChI is InChI=1S/C26H28ClN3O2S/c1-17-11-13-30(14-12-17)16-19-7-9-20(10-8-19)28-26(32)24-18(2)15-23(33-24)29-25(31)21-5-3-4-6-22(21)27/h3-10,15,17H,11-14,16H2,1-2H3,(H,28,32)(H,29,31). The Bertz CT molecular complexity index is 1130. The number of rotatable bonds is 6. The average Bonchev–Trinajstić information content (AvgIpc) is 3.17. The Labute approximate surface area is 203 Å². The number of piperidine rings is 1. The van der Waals surface area contributed by atoms with Gasteiger partial charge in [0.2, 0.25) is 0 Å². The SMILES string of the molecule is Cc1cc(NC(=O)c2ccccc2Cl)sc1C(=O)Nc1ccc(CN2CCC(C)CC2)cc1. The maximum absolute atomic E-state index is 12.8. The molecule has 0 aliphatic carbocycles. The Hall–Kier alpha value is -2.67. The van der Waals surface area contributed by atoms with Crippen molar-refractivity contribution in [2.75, 3.05) is 23.7 Å². The van der Waals surface area contributed by atoms with Crippen LogP contribution in [0.25, 0.3) is 0 Å². The first-order valence-electron chi connectivity index (χ1n) is 11.2. The van der Waals surface area contributed by atoms with E-state index in [1.165, 1.54) is 29.7 Å². The number of likely N-dealkylation sites (tertiary alicyclic amines) is 1. The van der Waals surface area contributed by atoms with E-state index in [-0.39, 0.29) is 11.8 Å². The van der Waals surface area contributed by atoms with E-state index in [1.54, 1.807) is 30.3 Å². The van der Waals surface area contributed by atoms with Crippen LogP contribution >= 0.6 is 22.9 Å². The Kier molecular flexibility index (Phi) is 7.48. The van der Waals surface area contributed by atoms with Gasteiger partial charge in [-0.3, -0.25) is 14.5 Å². The van der Waals surface area contributed by atoms with Crippen LogP contribution in [-0.4, -0.2) is 29.8 Å². The van der Waals surface area contributed by atoms with E-state index in [2.05, 4.69) is 34.6 Å². The third-order valence-electron chi connectivity index (χ3n) is 5.97. The zero-order valence-corrected chi connectivity index (χ0v) is 20.4. The van der Waals surface area contributed by atoms with Crippen LogP contribution in [0, 0.1) is 12.8 Å². The second kappa shape index (κ2) is 10.5. The molecular weight excluding hydrogens is 454 g/mol. The fourth-order valence-corrected chi connectivity index (χ4v) is 5.14. The first kappa shape index (κ1) is 23.5. The number of carbonyl (C=O) groups is 2. The van der Waals surface area contributed by atoms with Crippen LogP contribution in [0.1, 0.15) is 50.9 Å². The van der Waals surface area contributed by atoms with Crippen molar-refractivity contribution >= 4 is 45.4 Å². The van der Waals surface area contributed by atoms with Gasteiger partial charge >= 0.3 is 0 Å². The zero-order chi connectivity index (χ0) is 23.4. The summed E-state index contributed by atoms with van der Waals surface area (Å²) in [6.45, 7) is 7.41. The molecule has 33 heavy (non-hydrogen) atoms. The topological polar surface area (TPSA) is 61.4 Å². The number of hydrogen-bond acceptors (Lipinski definition) is 4. The van der Waals surface area contributed by atoms with E-state index in [4.69, 9.17) is 11.6 Å². The highest BCUT2D eigenvalue weighted by atomic mass is 35.5. The zero-order valence-electron chi connectivity index (χ0n) is 18.9. The van der Waals surface area contributed by atoms with Gasteiger partial charge in [-0.1, -0.05) is 42.8 Å². The van der Waals surface area contributed by atoms with Gasteiger partial charge in [0.25, 0.3) is 11.8 Å². The number of carbonyl (C=O) groups excluding carboxylic acids is 2. The molecule has 1 aromatic heterocycles. The summed E-state index contributed by atoms with van der Waals surface area (Å²) in [7, 11) is 0. The summed E-state index contributed by atoms with van der Waals surface area (Å²) >= 11 is 7.36. The summed E-state index contributed by atoms with van der Waals surface area (Å²) < 4.78 is 0. The molecule has 0 radical (unpaired) electrons. The summed E-state index contributed by atoms with van der Waals surface area (Å²) in [6.07, 6.45) is 2.52. The molecule has 5 nitrogen and oxygen atoms in total. The highest BCUT2D eigenvalue weighted by Crippen LogP contribution is 2.29. The van der Waals surface area contributed by atoms with Gasteiger partial charge in [0.05, 0.1) is 20.5 Å². The summed E-state index contributed by atoms with van der Waals surface area (Å²) in [5.41, 5.74) is 3.21. The van der Waals surface area contributed by atoms with Crippen molar-refractivity contribution in [1.29, 1.82) is 0 Å². The molecule has 1 fully saturated rings. The first-order valence-corrected chi connectivity index (χ1v) is 12.4. The Morgan fingerprint density at radius 2 is 1.73 bits per heavy atom. The lowest BCUT2D eigenvalue weighted by atomic mass is 9.99. The van der Waals surface area contributed by atoms with Crippen molar-refractivity contribution in [3.05, 3.63) is 81.2 Å². The molecule has 4 rings (SSSR count). The number of benzene rings is 2. The minimum absolute atomic E-state index is 0.187. The molecule has 1 aliphatic heterocycles. The van der Waals surface area contributed by atoms with Gasteiger partial charge in [-0.15, -0.1) is 11.3 Å². The highest BCUT2D eigenvalue weighted by molar-refractivity contribution is 7.18. The number of nitrogens with zero attached hydrogens (tertiary/aromatic N) is 1. The van der Waals surface area contributed by atoms with Crippen LogP contribution in [0.15, 0.2) is 54.6 Å². The molecule has 0 bridgehead atoms. The van der Waals surface area contributed by atoms with Crippen LogP contribution in [0.4, 0.5) is 10.7 Å². The van der Waals surface area contributed by atoms with Gasteiger partial charge < -0.3 is 10.6 Å². The molecule has 0 atom stereocenters. The van der Waals surface area contributed by atoms with Crippen LogP contribution in [0.2, 0.25) is 5.02 Å². The predicted octanol–water partition coefficient (Wildman–Crippen LogP) is 6.45. The second-order valence-corrected chi connectivity index (χ2v) is 10.1. The van der Waals surface area contributed by atoms with E-state index >= 15 is 0 Å². The molecule has 2 aromatic carbocycles. The van der Waals surface area contributed by atoms with Crippen LogP contribution in [0.3, 0.4) is 0 Å². The number of amides is 2. The lowest BCUT2D eigenvalue weighted by Crippen LogP contribution is -2.32. The molecular formula is C26H28ClN3O2S. The Morgan fingerprint density at radius 1 is 1.03 bits per heavy atom. The molecule has 2 heterocycles. The van der Waals surface area contributed by atoms with Crippen molar-refractivity contribution in [2.24, 2.45) is 5.92 Å². The van der Waals surface area contributed by atoms with Crippen molar-refractivity contribution in [3.63, 3.8) is 0 Å². The molecule has 7 heteroatoms. The van der Waals surface area contributed by atoms with Gasteiger partial charge in [-0.25, -0.2) is 0 Å². The van der Waals surface area contributed by atoms with E-state index in [1.807, 2.05) is 19.1 Å². The number of aryl methyl sites for hydroxylation is 1. The van der Waals surface area contributed by atoms with Gasteiger partial charge in [-0.2, -0.15) is 0 Å². The summed E-state index contributed by atoms with van der Waals surface area (Å²) in [5.74, 6) is 0.339. The summed E-state index contributed by atoms with van der Waals surface area (Å²) in [6, 6.07) is 16.7. The maximum Gasteiger partial charge on any atom is 0.266 e. The fraction of sp³-hybridized carbons (Fsp3) is 0.308. The molecule has 1 aliphatic rings. The first-order chi connectivity index (χ1) is 15.9. The molecule has 0 saturated carbocycles. The monoisotopic (exact) mass is 481 g/mol. The molecule has 3 aromatic rings. The number of halogens is 1. The largest absolute Gasteiger partial charge is 0.321 e. The van der Waals surface area contributed by atoms with Crippen LogP contribution in [-0.2, 0) is 6.54 Å². The molecule has 2 N–H and O–H groups in total. The van der Waals surface area contributed by atoms with Crippen LogP contribution in [0.5, 0.6) is 0 Å². The maximum atomic E-state index is 12.8. The van der Waals surface area contributed by atoms with Crippen LogP contribution < -0.4 is 10.6 Å². The predicted molar refractivity (Wildman–Crippen MR) is 137 cm³/mol. The minimum atomic E-state index is -0.299. The van der Waals surface area contributed by atoms with Crippen molar-refractivity contribution in [2.45, 2.75) is 33.2 Å².